The van der Waals surface area contributed by atoms with Gasteiger partial charge in [-0.15, -0.1) is 0 Å². The second-order valence-electron chi connectivity index (χ2n) is 10.3. The molecule has 1 heterocycles. The summed E-state index contributed by atoms with van der Waals surface area (Å²) in [6.45, 7) is 7.99. The summed E-state index contributed by atoms with van der Waals surface area (Å²) in [6, 6.07) is 9.07. The number of aliphatic hydroxyl groups excluding tert-OH is 1. The van der Waals surface area contributed by atoms with Gasteiger partial charge in [0.15, 0.2) is 0 Å². The Labute approximate surface area is 223 Å². The van der Waals surface area contributed by atoms with Crippen LogP contribution in [0.5, 0.6) is 0 Å². The Bertz CT molecular complexity index is 1230. The number of carbonyl (C=O) groups excluding carboxylic acids is 1. The molecule has 0 aliphatic heterocycles. The van der Waals surface area contributed by atoms with E-state index in [0.29, 0.717) is 15.5 Å². The molecule has 0 fully saturated rings. The van der Waals surface area contributed by atoms with E-state index < -0.39 is 23.8 Å². The van der Waals surface area contributed by atoms with E-state index in [1.807, 2.05) is 10.8 Å². The maximum atomic E-state index is 13.7. The van der Waals surface area contributed by atoms with Crippen LogP contribution in [0.15, 0.2) is 48.8 Å². The van der Waals surface area contributed by atoms with Gasteiger partial charge in [0.25, 0.3) is 0 Å². The Morgan fingerprint density at radius 2 is 1.86 bits per heavy atom. The minimum atomic E-state index is -0.837. The Hall–Kier alpha value is -2.28. The molecule has 0 aliphatic carbocycles. The van der Waals surface area contributed by atoms with E-state index in [1.54, 1.807) is 6.20 Å². The van der Waals surface area contributed by atoms with Gasteiger partial charge in [-0.25, -0.2) is 0 Å². The number of aromatic amines is 1. The maximum absolute atomic E-state index is 13.7. The number of imidazole rings is 1. The Morgan fingerprint density at radius 3 is 2.44 bits per heavy atom. The van der Waals surface area contributed by atoms with Gasteiger partial charge in [-0.05, 0) is 0 Å². The SMILES string of the molecule is CC(=O)NC(Cc1cc(F)cc(F)c1)C(O)C[As]Cc1cc(CC(C)(C)C)ccc1-n1cc[nH]c1=S. The van der Waals surface area contributed by atoms with Crippen molar-refractivity contribution in [2.75, 3.05) is 0 Å². The number of aromatic nitrogens is 2. The average Bonchev–Trinajstić information content (AvgIpc) is 3.17. The summed E-state index contributed by atoms with van der Waals surface area (Å²) < 4.78 is 29.9. The van der Waals surface area contributed by atoms with Crippen molar-refractivity contribution >= 4 is 33.9 Å². The summed E-state index contributed by atoms with van der Waals surface area (Å²) in [6.07, 6.45) is 3.95. The fourth-order valence-corrected chi connectivity index (χ4v) is 6.83. The normalized spacial score (nSPS) is 13.8. The van der Waals surface area contributed by atoms with E-state index in [-0.39, 0.29) is 33.5 Å². The number of nitrogens with one attached hydrogen (secondary N) is 2. The molecule has 193 valence electrons. The van der Waals surface area contributed by atoms with E-state index in [9.17, 15) is 18.7 Å². The molecular formula is C27H33AsF2N3O2S. The molecule has 0 saturated heterocycles. The number of carbonyl (C=O) groups is 1. The topological polar surface area (TPSA) is 70.0 Å². The molecule has 0 saturated carbocycles. The van der Waals surface area contributed by atoms with Crippen LogP contribution in [-0.4, -0.2) is 48.5 Å². The van der Waals surface area contributed by atoms with Crippen LogP contribution >= 0.6 is 12.2 Å². The van der Waals surface area contributed by atoms with E-state index >= 15 is 0 Å². The van der Waals surface area contributed by atoms with Crippen molar-refractivity contribution < 1.29 is 18.7 Å². The van der Waals surface area contributed by atoms with Crippen molar-refractivity contribution in [2.45, 2.75) is 63.1 Å². The van der Waals surface area contributed by atoms with Crippen molar-refractivity contribution in [3.63, 3.8) is 0 Å². The third-order valence-electron chi connectivity index (χ3n) is 5.62. The van der Waals surface area contributed by atoms with E-state index in [4.69, 9.17) is 12.2 Å². The molecule has 1 aromatic heterocycles. The fraction of sp³-hybridized carbons (Fsp3) is 0.407. The zero-order chi connectivity index (χ0) is 26.5. The Kier molecular flexibility index (Phi) is 9.67. The predicted molar refractivity (Wildman–Crippen MR) is 142 cm³/mol. The van der Waals surface area contributed by atoms with Crippen molar-refractivity contribution in [3.05, 3.63) is 81.9 Å². The molecule has 3 aromatic rings. The van der Waals surface area contributed by atoms with Crippen LogP contribution in [-0.2, 0) is 22.8 Å². The molecule has 1 radical (unpaired) electrons. The monoisotopic (exact) mass is 576 g/mol. The zero-order valence-corrected chi connectivity index (χ0v) is 23.7. The molecule has 3 rings (SSSR count). The van der Waals surface area contributed by atoms with Gasteiger partial charge in [0.1, 0.15) is 0 Å². The second kappa shape index (κ2) is 12.3. The van der Waals surface area contributed by atoms with Gasteiger partial charge in [-0.1, -0.05) is 0 Å². The van der Waals surface area contributed by atoms with Gasteiger partial charge in [0.2, 0.25) is 0 Å². The van der Waals surface area contributed by atoms with Crippen LogP contribution in [0.4, 0.5) is 8.78 Å². The van der Waals surface area contributed by atoms with Gasteiger partial charge in [0, 0.05) is 0 Å². The number of rotatable bonds is 10. The molecule has 36 heavy (non-hydrogen) atoms. The summed E-state index contributed by atoms with van der Waals surface area (Å²) in [5.74, 6) is -1.66. The molecule has 0 spiro atoms. The van der Waals surface area contributed by atoms with Crippen molar-refractivity contribution in [1.82, 2.24) is 14.9 Å². The molecule has 2 aromatic carbocycles. The molecule has 9 heteroatoms. The van der Waals surface area contributed by atoms with E-state index in [0.717, 1.165) is 28.9 Å². The molecule has 2 unspecified atom stereocenters. The summed E-state index contributed by atoms with van der Waals surface area (Å²) in [4.78, 5) is 14.8. The van der Waals surface area contributed by atoms with Crippen LogP contribution in [0.1, 0.15) is 44.4 Å². The van der Waals surface area contributed by atoms with Crippen molar-refractivity contribution in [3.8, 4) is 5.69 Å². The number of H-pyrrole nitrogens is 1. The number of halogens is 2. The standard InChI is InChI=1S/C27H33AsF2N3O2S/c1-17(34)32-23(12-19-10-21(29)13-22(30)11-19)25(35)16-28-15-20-9-18(14-27(2,3)4)5-6-24(20)33-8-7-31-26(33)36/h5-11,13,23,25,35H,12,14-16H2,1-4H3,(H,31,36)(H,32,34). The van der Waals surface area contributed by atoms with Gasteiger partial charge in [0.05, 0.1) is 0 Å². The summed E-state index contributed by atoms with van der Waals surface area (Å²) in [7, 11) is 0. The third-order valence-corrected chi connectivity index (χ3v) is 8.44. The van der Waals surface area contributed by atoms with Crippen molar-refractivity contribution in [1.29, 1.82) is 0 Å². The number of hydrogen-bond donors (Lipinski definition) is 3. The quantitative estimate of drug-likeness (QED) is 0.232. The minimum absolute atomic E-state index is 0.140. The molecule has 3 N–H and O–H groups in total. The molecule has 0 bridgehead atoms. The van der Waals surface area contributed by atoms with Crippen LogP contribution in [0, 0.1) is 21.8 Å². The summed E-state index contributed by atoms with van der Waals surface area (Å²) in [5, 5.41) is 15.0. The van der Waals surface area contributed by atoms with Gasteiger partial charge < -0.3 is 0 Å². The number of hydrogen-bond acceptors (Lipinski definition) is 3. The first-order valence-electron chi connectivity index (χ1n) is 11.8. The van der Waals surface area contributed by atoms with Gasteiger partial charge >= 0.3 is 224 Å². The van der Waals surface area contributed by atoms with Crippen molar-refractivity contribution in [2.24, 2.45) is 5.41 Å². The molecular weight excluding hydrogens is 543 g/mol. The van der Waals surface area contributed by atoms with Gasteiger partial charge in [-0.2, -0.15) is 0 Å². The Morgan fingerprint density at radius 1 is 1.17 bits per heavy atom. The zero-order valence-electron chi connectivity index (χ0n) is 21.0. The average molecular weight is 577 g/mol. The fourth-order valence-electron chi connectivity index (χ4n) is 4.20. The van der Waals surface area contributed by atoms with Crippen LogP contribution in [0.2, 0.25) is 5.21 Å². The number of amides is 1. The summed E-state index contributed by atoms with van der Waals surface area (Å²) >= 11 is 5.11. The van der Waals surface area contributed by atoms with Crippen LogP contribution in [0.3, 0.4) is 0 Å². The Balaban J connectivity index is 1.76. The predicted octanol–water partition coefficient (Wildman–Crippen LogP) is 5.13. The van der Waals surface area contributed by atoms with E-state index in [1.165, 1.54) is 24.6 Å². The number of benzene rings is 2. The molecule has 2 atom stereocenters. The van der Waals surface area contributed by atoms with Crippen LogP contribution < -0.4 is 5.32 Å². The summed E-state index contributed by atoms with van der Waals surface area (Å²) in [5.41, 5.74) is 3.95. The third kappa shape index (κ3) is 8.39. The van der Waals surface area contributed by atoms with Gasteiger partial charge in [-0.3, -0.25) is 0 Å². The first-order chi connectivity index (χ1) is 16.9. The first kappa shape index (κ1) is 28.3. The molecule has 1 amide bonds. The number of nitrogens with zero attached hydrogens (tertiary/aromatic N) is 1. The molecule has 5 nitrogen and oxygen atoms in total. The van der Waals surface area contributed by atoms with E-state index in [2.05, 4.69) is 49.3 Å². The first-order valence-corrected chi connectivity index (χ1v) is 14.9. The van der Waals surface area contributed by atoms with Crippen LogP contribution in [0.25, 0.3) is 5.69 Å². The number of aliphatic hydroxyl groups is 1. The molecule has 0 aliphatic rings. The second-order valence-corrected chi connectivity index (χ2v) is 13.0.